The van der Waals surface area contributed by atoms with Gasteiger partial charge in [0.2, 0.25) is 0 Å². The van der Waals surface area contributed by atoms with Gasteiger partial charge in [0.1, 0.15) is 11.5 Å². The van der Waals surface area contributed by atoms with E-state index in [9.17, 15) is 9.59 Å². The van der Waals surface area contributed by atoms with Crippen LogP contribution in [0, 0.1) is 27.7 Å². The van der Waals surface area contributed by atoms with Crippen LogP contribution in [0.15, 0.2) is 109 Å². The number of esters is 2. The first-order valence-corrected chi connectivity index (χ1v) is 16.4. The Labute approximate surface area is 297 Å². The fourth-order valence-electron chi connectivity index (χ4n) is 5.91. The number of hydrogen-bond acceptors (Lipinski definition) is 9. The first-order chi connectivity index (χ1) is 24.6. The van der Waals surface area contributed by atoms with Crippen molar-refractivity contribution in [2.45, 2.75) is 27.7 Å². The molecule has 0 unspecified atom stereocenters. The number of aromatic nitrogens is 2. The summed E-state index contributed by atoms with van der Waals surface area (Å²) in [5.74, 6) is -0.0644. The van der Waals surface area contributed by atoms with Crippen LogP contribution in [-0.2, 0) is 4.74 Å². The minimum absolute atomic E-state index is 0.217. The van der Waals surface area contributed by atoms with Gasteiger partial charge in [0.25, 0.3) is 0 Å². The molecular formula is C42H38N4O5. The second-order valence-electron chi connectivity index (χ2n) is 12.2. The number of nitrogens with zero attached hydrogens (tertiary/aromatic N) is 2. The Kier molecular flexibility index (Phi) is 10.1. The summed E-state index contributed by atoms with van der Waals surface area (Å²) in [5.41, 5.74) is 9.62. The molecule has 0 fully saturated rings. The Morgan fingerprint density at radius 3 is 1.67 bits per heavy atom. The minimum atomic E-state index is -0.779. The summed E-state index contributed by atoms with van der Waals surface area (Å²) in [6.45, 7) is 7.61. The first-order valence-electron chi connectivity index (χ1n) is 16.4. The van der Waals surface area contributed by atoms with Crippen molar-refractivity contribution in [2.24, 2.45) is 0 Å². The van der Waals surface area contributed by atoms with Crippen molar-refractivity contribution in [3.8, 4) is 34.0 Å². The van der Waals surface area contributed by atoms with E-state index in [-0.39, 0.29) is 11.1 Å². The van der Waals surface area contributed by atoms with Gasteiger partial charge in [-0.1, -0.05) is 48.0 Å². The molecule has 0 spiro atoms. The molecule has 0 saturated heterocycles. The fraction of sp³-hybridized carbons (Fsp3) is 0.143. The molecule has 0 bridgehead atoms. The highest BCUT2D eigenvalue weighted by Gasteiger charge is 2.23. The van der Waals surface area contributed by atoms with Crippen LogP contribution < -0.4 is 20.1 Å². The van der Waals surface area contributed by atoms with E-state index in [1.165, 1.54) is 0 Å². The molecule has 6 rings (SSSR count). The number of benzene rings is 4. The minimum Gasteiger partial charge on any atom is -0.497 e. The number of anilines is 4. The predicted octanol–water partition coefficient (Wildman–Crippen LogP) is 9.55. The molecule has 0 saturated carbocycles. The van der Waals surface area contributed by atoms with Crippen molar-refractivity contribution in [3.63, 3.8) is 0 Å². The van der Waals surface area contributed by atoms with Gasteiger partial charge in [0.15, 0.2) is 0 Å². The van der Waals surface area contributed by atoms with Gasteiger partial charge in [-0.15, -0.1) is 0 Å². The van der Waals surface area contributed by atoms with Gasteiger partial charge < -0.3 is 24.8 Å². The quantitative estimate of drug-likeness (QED) is 0.108. The van der Waals surface area contributed by atoms with Crippen molar-refractivity contribution in [2.75, 3.05) is 24.9 Å². The summed E-state index contributed by atoms with van der Waals surface area (Å²) in [5, 5.41) is 6.60. The molecule has 0 atom stereocenters. The van der Waals surface area contributed by atoms with Crippen molar-refractivity contribution >= 4 is 34.7 Å². The van der Waals surface area contributed by atoms with Gasteiger partial charge in [0, 0.05) is 11.1 Å². The molecule has 0 radical (unpaired) electrons. The van der Waals surface area contributed by atoms with Crippen LogP contribution in [0.4, 0.5) is 22.7 Å². The van der Waals surface area contributed by atoms with Crippen LogP contribution in [-0.4, -0.2) is 36.1 Å². The third-order valence-corrected chi connectivity index (χ3v) is 8.46. The van der Waals surface area contributed by atoms with E-state index in [1.54, 1.807) is 57.8 Å². The van der Waals surface area contributed by atoms with E-state index >= 15 is 0 Å². The van der Waals surface area contributed by atoms with Crippen LogP contribution in [0.25, 0.3) is 22.5 Å². The maximum absolute atomic E-state index is 13.7. The lowest BCUT2D eigenvalue weighted by atomic mass is 10.0. The summed E-state index contributed by atoms with van der Waals surface area (Å²) < 4.78 is 16.3. The zero-order chi connectivity index (χ0) is 36.1. The number of carbonyl (C=O) groups is 2. The fourth-order valence-corrected chi connectivity index (χ4v) is 5.91. The number of pyridine rings is 2. The standard InChI is InChI=1S/C42H38N4O5/c1-25-16-17-36(45-31-19-27(3)39(43-23-31)29-11-8-13-33(21-29)49-5)35(18-25)41(47)51-42(48)38-26(2)10-7-15-37(38)46-32-20-28(4)40(44-24-32)30-12-9-14-34(22-30)50-6/h7-24,45-46H,1-6H3. The topological polar surface area (TPSA) is 112 Å². The van der Waals surface area contributed by atoms with E-state index < -0.39 is 11.9 Å². The Hall–Kier alpha value is -6.48. The van der Waals surface area contributed by atoms with Crippen molar-refractivity contribution in [3.05, 3.63) is 143 Å². The average molecular weight is 679 g/mol. The number of methoxy groups -OCH3 is 2. The van der Waals surface area contributed by atoms with E-state index in [0.717, 1.165) is 50.7 Å². The van der Waals surface area contributed by atoms with Crippen LogP contribution in [0.5, 0.6) is 11.5 Å². The zero-order valence-electron chi connectivity index (χ0n) is 29.3. The van der Waals surface area contributed by atoms with Crippen molar-refractivity contribution < 1.29 is 23.8 Å². The Balaban J connectivity index is 1.21. The molecule has 256 valence electrons. The molecule has 0 aliphatic carbocycles. The Bertz CT molecular complexity index is 2270. The highest BCUT2D eigenvalue weighted by Crippen LogP contribution is 2.31. The molecule has 51 heavy (non-hydrogen) atoms. The number of hydrogen-bond donors (Lipinski definition) is 2. The molecule has 9 heteroatoms. The average Bonchev–Trinajstić information content (AvgIpc) is 3.12. The molecular weight excluding hydrogens is 640 g/mol. The number of aryl methyl sites for hydroxylation is 4. The van der Waals surface area contributed by atoms with E-state index in [2.05, 4.69) is 20.6 Å². The smallest absolute Gasteiger partial charge is 0.348 e. The molecule has 2 heterocycles. The van der Waals surface area contributed by atoms with E-state index in [4.69, 9.17) is 14.2 Å². The molecule has 0 aliphatic heterocycles. The molecule has 2 N–H and O–H groups in total. The van der Waals surface area contributed by atoms with Gasteiger partial charge in [-0.25, -0.2) is 9.59 Å². The molecule has 4 aromatic carbocycles. The molecule has 0 amide bonds. The van der Waals surface area contributed by atoms with E-state index in [1.807, 2.05) is 93.6 Å². The maximum Gasteiger partial charge on any atom is 0.348 e. The molecule has 6 aromatic rings. The number of rotatable bonds is 10. The number of nitrogens with one attached hydrogen (secondary N) is 2. The third kappa shape index (κ3) is 7.73. The zero-order valence-corrected chi connectivity index (χ0v) is 29.3. The van der Waals surface area contributed by atoms with Crippen molar-refractivity contribution in [1.82, 2.24) is 9.97 Å². The highest BCUT2D eigenvalue weighted by molar-refractivity contribution is 6.08. The third-order valence-electron chi connectivity index (χ3n) is 8.46. The Morgan fingerprint density at radius 2 is 1.12 bits per heavy atom. The second kappa shape index (κ2) is 15.0. The lowest BCUT2D eigenvalue weighted by Crippen LogP contribution is -2.17. The van der Waals surface area contributed by atoms with Gasteiger partial charge in [-0.3, -0.25) is 9.97 Å². The predicted molar refractivity (Wildman–Crippen MR) is 201 cm³/mol. The molecule has 9 nitrogen and oxygen atoms in total. The first kappa shape index (κ1) is 34.4. The van der Waals surface area contributed by atoms with Gasteiger partial charge in [-0.2, -0.15) is 0 Å². The SMILES string of the molecule is COc1cccc(-c2ncc(Nc3ccc(C)cc3C(=O)OC(=O)c3c(C)cccc3Nc3cnc(-c4cccc(OC)c4)c(C)c3)cc2C)c1. The summed E-state index contributed by atoms with van der Waals surface area (Å²) in [6, 6.07) is 30.1. The van der Waals surface area contributed by atoms with Crippen LogP contribution >= 0.6 is 0 Å². The molecule has 0 aliphatic rings. The van der Waals surface area contributed by atoms with Crippen LogP contribution in [0.3, 0.4) is 0 Å². The maximum atomic E-state index is 13.7. The normalized spacial score (nSPS) is 10.7. The summed E-state index contributed by atoms with van der Waals surface area (Å²) in [7, 11) is 3.26. The van der Waals surface area contributed by atoms with Crippen LogP contribution in [0.1, 0.15) is 43.0 Å². The lowest BCUT2D eigenvalue weighted by molar-refractivity contribution is 0.0398. The summed E-state index contributed by atoms with van der Waals surface area (Å²) in [6.07, 6.45) is 3.40. The van der Waals surface area contributed by atoms with Crippen molar-refractivity contribution in [1.29, 1.82) is 0 Å². The summed E-state index contributed by atoms with van der Waals surface area (Å²) >= 11 is 0. The second-order valence-corrected chi connectivity index (χ2v) is 12.2. The number of ether oxygens (including phenoxy) is 3. The largest absolute Gasteiger partial charge is 0.497 e. The number of carbonyl (C=O) groups excluding carboxylic acids is 2. The van der Waals surface area contributed by atoms with Gasteiger partial charge in [0.05, 0.1) is 71.9 Å². The summed E-state index contributed by atoms with van der Waals surface area (Å²) in [4.78, 5) is 36.7. The molecule has 2 aromatic heterocycles. The monoisotopic (exact) mass is 678 g/mol. The van der Waals surface area contributed by atoms with Crippen LogP contribution in [0.2, 0.25) is 0 Å². The van der Waals surface area contributed by atoms with E-state index in [0.29, 0.717) is 28.3 Å². The highest BCUT2D eigenvalue weighted by atomic mass is 16.6. The van der Waals surface area contributed by atoms with Gasteiger partial charge >= 0.3 is 11.9 Å². The van der Waals surface area contributed by atoms with Gasteiger partial charge in [-0.05, 0) is 99.0 Å². The Morgan fingerprint density at radius 1 is 0.569 bits per heavy atom. The lowest BCUT2D eigenvalue weighted by Gasteiger charge is -2.16.